The van der Waals surface area contributed by atoms with Gasteiger partial charge in [0.1, 0.15) is 4.88 Å². The van der Waals surface area contributed by atoms with Crippen LogP contribution in [0, 0.1) is 6.92 Å². The maximum Gasteiger partial charge on any atom is 0.443 e. The Labute approximate surface area is 144 Å². The van der Waals surface area contributed by atoms with Gasteiger partial charge in [-0.25, -0.2) is 4.98 Å². The number of nitrogens with one attached hydrogen (secondary N) is 2. The number of aromatic nitrogens is 3. The minimum absolute atomic E-state index is 0.0265. The Balaban J connectivity index is 1.65. The van der Waals surface area contributed by atoms with Crippen molar-refractivity contribution in [1.82, 2.24) is 20.5 Å². The van der Waals surface area contributed by atoms with Crippen molar-refractivity contribution in [3.8, 4) is 11.3 Å². The number of amides is 1. The summed E-state index contributed by atoms with van der Waals surface area (Å²) in [6, 6.07) is 9.24. The van der Waals surface area contributed by atoms with Crippen molar-refractivity contribution < 1.29 is 18.0 Å². The molecule has 25 heavy (non-hydrogen) atoms. The van der Waals surface area contributed by atoms with Gasteiger partial charge in [0.25, 0.3) is 5.91 Å². The smallest absolute Gasteiger partial charge is 0.347 e. The standard InChI is InChI=1S/C16H13F3N4OS/c1-9-13(25-15(22-9)16(17,18)19)14(24)20-8-10-2-4-11(5-3-10)12-6-7-21-23-12/h2-7H,8H2,1H3,(H,20,24)(H,21,23). The van der Waals surface area contributed by atoms with Gasteiger partial charge in [-0.3, -0.25) is 9.89 Å². The maximum absolute atomic E-state index is 12.7. The van der Waals surface area contributed by atoms with E-state index in [1.807, 2.05) is 30.3 Å². The molecule has 3 rings (SSSR count). The summed E-state index contributed by atoms with van der Waals surface area (Å²) in [6.45, 7) is 1.60. The molecule has 0 aliphatic heterocycles. The molecule has 0 radical (unpaired) electrons. The first-order chi connectivity index (χ1) is 11.8. The first kappa shape index (κ1) is 17.2. The Morgan fingerprint density at radius 3 is 2.52 bits per heavy atom. The number of aryl methyl sites for hydroxylation is 1. The van der Waals surface area contributed by atoms with Crippen molar-refractivity contribution in [2.75, 3.05) is 0 Å². The van der Waals surface area contributed by atoms with Crippen molar-refractivity contribution >= 4 is 17.2 Å². The first-order valence-electron chi connectivity index (χ1n) is 7.26. The molecule has 2 heterocycles. The summed E-state index contributed by atoms with van der Waals surface area (Å²) in [5, 5.41) is 8.33. The first-order valence-corrected chi connectivity index (χ1v) is 8.08. The minimum atomic E-state index is -4.55. The molecule has 1 amide bonds. The molecule has 130 valence electrons. The molecule has 0 fully saturated rings. The van der Waals surface area contributed by atoms with Gasteiger partial charge >= 0.3 is 6.18 Å². The minimum Gasteiger partial charge on any atom is -0.347 e. The Morgan fingerprint density at radius 2 is 1.96 bits per heavy atom. The zero-order chi connectivity index (χ0) is 18.0. The number of nitrogens with zero attached hydrogens (tertiary/aromatic N) is 2. The monoisotopic (exact) mass is 366 g/mol. The number of carbonyl (C=O) groups is 1. The van der Waals surface area contributed by atoms with Gasteiger partial charge in [0.2, 0.25) is 0 Å². The Hall–Kier alpha value is -2.68. The van der Waals surface area contributed by atoms with Gasteiger partial charge in [0.15, 0.2) is 5.01 Å². The molecule has 0 saturated carbocycles. The van der Waals surface area contributed by atoms with E-state index in [9.17, 15) is 18.0 Å². The Kier molecular flexibility index (Phi) is 4.58. The lowest BCUT2D eigenvalue weighted by Gasteiger charge is -2.05. The van der Waals surface area contributed by atoms with E-state index >= 15 is 0 Å². The van der Waals surface area contributed by atoms with E-state index < -0.39 is 17.1 Å². The van der Waals surface area contributed by atoms with Crippen LogP contribution >= 0.6 is 11.3 Å². The molecule has 0 aliphatic carbocycles. The number of halogens is 3. The van der Waals surface area contributed by atoms with E-state index in [4.69, 9.17) is 0 Å². The molecule has 0 atom stereocenters. The second-order valence-electron chi connectivity index (χ2n) is 5.28. The van der Waals surface area contributed by atoms with Crippen LogP contribution in [0.5, 0.6) is 0 Å². The van der Waals surface area contributed by atoms with Gasteiger partial charge in [-0.1, -0.05) is 24.3 Å². The number of carbonyl (C=O) groups excluding carboxylic acids is 1. The maximum atomic E-state index is 12.7. The highest BCUT2D eigenvalue weighted by molar-refractivity contribution is 7.13. The Bertz CT molecular complexity index is 870. The second-order valence-corrected chi connectivity index (χ2v) is 6.28. The highest BCUT2D eigenvalue weighted by atomic mass is 32.1. The van der Waals surface area contributed by atoms with Gasteiger partial charge in [-0.2, -0.15) is 18.3 Å². The van der Waals surface area contributed by atoms with Gasteiger partial charge in [0, 0.05) is 12.7 Å². The summed E-state index contributed by atoms with van der Waals surface area (Å²) in [6.07, 6.45) is -2.90. The lowest BCUT2D eigenvalue weighted by Crippen LogP contribution is -2.22. The van der Waals surface area contributed by atoms with Crippen molar-refractivity contribution in [2.45, 2.75) is 19.6 Å². The summed E-state index contributed by atoms with van der Waals surface area (Å²) in [4.78, 5) is 15.5. The molecule has 0 aliphatic rings. The zero-order valence-electron chi connectivity index (χ0n) is 13.0. The number of aromatic amines is 1. The van der Waals surface area contributed by atoms with Crippen molar-refractivity contribution in [2.24, 2.45) is 0 Å². The van der Waals surface area contributed by atoms with E-state index in [-0.39, 0.29) is 17.1 Å². The van der Waals surface area contributed by atoms with Gasteiger partial charge in [0.05, 0.1) is 11.4 Å². The fourth-order valence-electron chi connectivity index (χ4n) is 2.21. The number of hydrogen-bond acceptors (Lipinski definition) is 4. The molecule has 9 heteroatoms. The molecule has 5 nitrogen and oxygen atoms in total. The predicted molar refractivity (Wildman–Crippen MR) is 87.0 cm³/mol. The van der Waals surface area contributed by atoms with Crippen molar-refractivity contribution in [3.63, 3.8) is 0 Å². The quantitative estimate of drug-likeness (QED) is 0.738. The second kappa shape index (κ2) is 6.67. The molecule has 3 aromatic rings. The van der Waals surface area contributed by atoms with Crippen LogP contribution in [0.3, 0.4) is 0 Å². The summed E-state index contributed by atoms with van der Waals surface area (Å²) >= 11 is 0.351. The van der Waals surface area contributed by atoms with Crippen LogP contribution in [-0.4, -0.2) is 21.1 Å². The highest BCUT2D eigenvalue weighted by Crippen LogP contribution is 2.34. The van der Waals surface area contributed by atoms with E-state index in [0.29, 0.717) is 11.3 Å². The normalized spacial score (nSPS) is 11.5. The molecular formula is C16H13F3N4OS. The van der Waals surface area contributed by atoms with E-state index in [0.717, 1.165) is 16.8 Å². The number of benzene rings is 1. The molecule has 0 spiro atoms. The van der Waals surface area contributed by atoms with Crippen LogP contribution in [0.1, 0.15) is 25.9 Å². The molecule has 0 unspecified atom stereocenters. The number of alkyl halides is 3. The van der Waals surface area contributed by atoms with Crippen molar-refractivity contribution in [3.05, 3.63) is 57.7 Å². The van der Waals surface area contributed by atoms with Gasteiger partial charge in [-0.15, -0.1) is 11.3 Å². The average Bonchev–Trinajstić information content (AvgIpc) is 3.22. The van der Waals surface area contributed by atoms with Crippen LogP contribution in [0.4, 0.5) is 13.2 Å². The van der Waals surface area contributed by atoms with E-state index in [1.165, 1.54) is 6.92 Å². The predicted octanol–water partition coefficient (Wildman–Crippen LogP) is 3.79. The van der Waals surface area contributed by atoms with Crippen molar-refractivity contribution in [1.29, 1.82) is 0 Å². The lowest BCUT2D eigenvalue weighted by atomic mass is 10.1. The van der Waals surface area contributed by atoms with Crippen LogP contribution in [0.2, 0.25) is 0 Å². The summed E-state index contributed by atoms with van der Waals surface area (Å²) in [7, 11) is 0. The van der Waals surface area contributed by atoms with E-state index in [1.54, 1.807) is 6.20 Å². The SMILES string of the molecule is Cc1nc(C(F)(F)F)sc1C(=O)NCc1ccc(-c2ccn[nH]2)cc1. The fraction of sp³-hybridized carbons (Fsp3) is 0.188. The third-order valence-electron chi connectivity index (χ3n) is 3.46. The summed E-state index contributed by atoms with van der Waals surface area (Å²) < 4.78 is 38.0. The third-order valence-corrected chi connectivity index (χ3v) is 4.67. The van der Waals surface area contributed by atoms with Crippen LogP contribution in [-0.2, 0) is 12.7 Å². The fourth-order valence-corrected chi connectivity index (χ4v) is 3.06. The number of H-pyrrole nitrogens is 1. The summed E-state index contributed by atoms with van der Waals surface area (Å²) in [5.74, 6) is -0.567. The lowest BCUT2D eigenvalue weighted by molar-refractivity contribution is -0.137. The number of thiazole rings is 1. The summed E-state index contributed by atoms with van der Waals surface area (Å²) in [5.41, 5.74) is 2.72. The molecular weight excluding hydrogens is 353 g/mol. The third kappa shape index (κ3) is 3.87. The molecule has 0 saturated heterocycles. The average molecular weight is 366 g/mol. The van der Waals surface area contributed by atoms with Gasteiger partial charge in [-0.05, 0) is 24.1 Å². The molecule has 0 bridgehead atoms. The Morgan fingerprint density at radius 1 is 1.24 bits per heavy atom. The topological polar surface area (TPSA) is 70.7 Å². The highest BCUT2D eigenvalue weighted by Gasteiger charge is 2.36. The largest absolute Gasteiger partial charge is 0.443 e. The number of hydrogen-bond donors (Lipinski definition) is 2. The molecule has 1 aromatic carbocycles. The molecule has 2 aromatic heterocycles. The zero-order valence-corrected chi connectivity index (χ0v) is 13.8. The van der Waals surface area contributed by atoms with Crippen LogP contribution in [0.25, 0.3) is 11.3 Å². The van der Waals surface area contributed by atoms with Crippen LogP contribution < -0.4 is 5.32 Å². The molecule has 2 N–H and O–H groups in total. The van der Waals surface area contributed by atoms with Gasteiger partial charge < -0.3 is 5.32 Å². The number of rotatable bonds is 4. The van der Waals surface area contributed by atoms with E-state index in [2.05, 4.69) is 20.5 Å². The van der Waals surface area contributed by atoms with Crippen LogP contribution in [0.15, 0.2) is 36.5 Å².